The minimum absolute atomic E-state index is 0.228. The highest BCUT2D eigenvalue weighted by Crippen LogP contribution is 2.34. The lowest BCUT2D eigenvalue weighted by atomic mass is 10.0. The molecule has 0 saturated carbocycles. The number of fused-ring (bicyclic) bond motifs is 1. The van der Waals surface area contributed by atoms with Crippen LogP contribution in [0.2, 0.25) is 5.02 Å². The first-order valence-electron chi connectivity index (χ1n) is 12.2. The van der Waals surface area contributed by atoms with Crippen LogP contribution in [0.5, 0.6) is 11.5 Å². The van der Waals surface area contributed by atoms with E-state index >= 15 is 0 Å². The second-order valence-corrected chi connectivity index (χ2v) is 11.0. The number of hydrogen-bond donors (Lipinski definition) is 0. The van der Waals surface area contributed by atoms with Crippen LogP contribution in [0.3, 0.4) is 0 Å². The fraction of sp³-hybridized carbons (Fsp3) is 0.207. The number of allylic oxidation sites excluding steroid dienone is 1. The molecule has 1 aliphatic heterocycles. The van der Waals surface area contributed by atoms with Crippen LogP contribution in [-0.4, -0.2) is 24.3 Å². The van der Waals surface area contributed by atoms with E-state index in [0.29, 0.717) is 49.3 Å². The molecule has 0 spiro atoms. The third-order valence-corrected chi connectivity index (χ3v) is 8.30. The summed E-state index contributed by atoms with van der Waals surface area (Å²) < 4.78 is 19.1. The van der Waals surface area contributed by atoms with Crippen molar-refractivity contribution in [2.75, 3.05) is 13.7 Å². The van der Waals surface area contributed by atoms with Crippen molar-refractivity contribution in [2.45, 2.75) is 26.5 Å². The highest BCUT2D eigenvalue weighted by atomic mass is 35.5. The fourth-order valence-electron chi connectivity index (χ4n) is 4.35. The Morgan fingerprint density at radius 1 is 1.15 bits per heavy atom. The van der Waals surface area contributed by atoms with E-state index < -0.39 is 12.0 Å². The number of halogens is 1. The lowest BCUT2D eigenvalue weighted by molar-refractivity contribution is -0.139. The second kappa shape index (κ2) is 11.6. The maximum absolute atomic E-state index is 13.9. The highest BCUT2D eigenvalue weighted by molar-refractivity contribution is 7.10. The Kier molecular flexibility index (Phi) is 8.02. The average Bonchev–Trinajstić information content (AvgIpc) is 3.56. The zero-order valence-electron chi connectivity index (χ0n) is 21.5. The lowest BCUT2D eigenvalue weighted by Gasteiger charge is -2.23. The highest BCUT2D eigenvalue weighted by Gasteiger charge is 2.33. The van der Waals surface area contributed by atoms with E-state index in [2.05, 4.69) is 4.99 Å². The van der Waals surface area contributed by atoms with Gasteiger partial charge in [0.2, 0.25) is 0 Å². The summed E-state index contributed by atoms with van der Waals surface area (Å²) in [5.41, 5.74) is 2.27. The molecular formula is C29H25ClN2O5S2. The molecule has 0 aliphatic carbocycles. The van der Waals surface area contributed by atoms with Crippen molar-refractivity contribution < 1.29 is 19.0 Å². The van der Waals surface area contributed by atoms with Crippen molar-refractivity contribution in [1.82, 2.24) is 4.57 Å². The third kappa shape index (κ3) is 5.43. The van der Waals surface area contributed by atoms with Crippen LogP contribution in [-0.2, 0) is 16.1 Å². The van der Waals surface area contributed by atoms with Crippen molar-refractivity contribution >= 4 is 46.3 Å². The lowest BCUT2D eigenvalue weighted by Crippen LogP contribution is -2.39. The maximum Gasteiger partial charge on any atom is 0.338 e. The molecule has 0 saturated heterocycles. The van der Waals surface area contributed by atoms with Gasteiger partial charge in [-0.25, -0.2) is 9.79 Å². The molecule has 0 bridgehead atoms. The Labute approximate surface area is 237 Å². The standard InChI is InChI=1S/C29H25ClN2O5S2/c1-4-36-28(34)24-17(2)31-29-32(25(24)22-9-6-14-38-22)27(33)23(39-29)15-19-7-5-8-21(35-3)26(19)37-16-18-10-12-20(30)13-11-18/h5-15,25H,4,16H2,1-3H3/b23-15-/t25-/m0/s1. The number of para-hydroxylation sites is 1. The molecule has 2 aromatic heterocycles. The molecular weight excluding hydrogens is 556 g/mol. The zero-order valence-corrected chi connectivity index (χ0v) is 23.9. The Balaban J connectivity index is 1.61. The van der Waals surface area contributed by atoms with Gasteiger partial charge in [-0.3, -0.25) is 9.36 Å². The summed E-state index contributed by atoms with van der Waals surface area (Å²) in [6.07, 6.45) is 1.78. The molecule has 2 aromatic carbocycles. The van der Waals surface area contributed by atoms with Crippen LogP contribution in [0, 0.1) is 0 Å². The minimum atomic E-state index is -0.617. The first-order chi connectivity index (χ1) is 18.9. The van der Waals surface area contributed by atoms with Crippen LogP contribution in [0.4, 0.5) is 0 Å². The van der Waals surface area contributed by atoms with Gasteiger partial charge in [0.05, 0.1) is 29.5 Å². The van der Waals surface area contributed by atoms with Gasteiger partial charge < -0.3 is 14.2 Å². The van der Waals surface area contributed by atoms with Gasteiger partial charge in [0.25, 0.3) is 5.56 Å². The number of rotatable bonds is 8. The topological polar surface area (TPSA) is 79.1 Å². The third-order valence-electron chi connectivity index (χ3n) is 6.14. The molecule has 1 aliphatic rings. The molecule has 0 N–H and O–H groups in total. The molecule has 0 fully saturated rings. The number of thiophene rings is 1. The zero-order chi connectivity index (χ0) is 27.5. The predicted octanol–water partition coefficient (Wildman–Crippen LogP) is 5.10. The normalized spacial score (nSPS) is 15.1. The van der Waals surface area contributed by atoms with Crippen molar-refractivity contribution in [2.24, 2.45) is 4.99 Å². The largest absolute Gasteiger partial charge is 0.493 e. The molecule has 1 atom stereocenters. The molecule has 0 radical (unpaired) electrons. The van der Waals surface area contributed by atoms with E-state index in [1.807, 2.05) is 47.8 Å². The first kappa shape index (κ1) is 26.9. The van der Waals surface area contributed by atoms with Gasteiger partial charge in [-0.1, -0.05) is 53.3 Å². The van der Waals surface area contributed by atoms with E-state index in [0.717, 1.165) is 10.4 Å². The Morgan fingerprint density at radius 2 is 1.95 bits per heavy atom. The number of hydrogen-bond acceptors (Lipinski definition) is 8. The number of ether oxygens (including phenoxy) is 3. The van der Waals surface area contributed by atoms with Crippen molar-refractivity contribution in [1.29, 1.82) is 0 Å². The fourth-order valence-corrected chi connectivity index (χ4v) is 6.33. The Bertz CT molecular complexity index is 1720. The van der Waals surface area contributed by atoms with E-state index in [-0.39, 0.29) is 12.2 Å². The van der Waals surface area contributed by atoms with Gasteiger partial charge in [0.15, 0.2) is 16.3 Å². The second-order valence-electron chi connectivity index (χ2n) is 8.61. The Hall–Kier alpha value is -3.66. The van der Waals surface area contributed by atoms with E-state index in [9.17, 15) is 9.59 Å². The van der Waals surface area contributed by atoms with Crippen LogP contribution in [0.25, 0.3) is 6.08 Å². The summed E-state index contributed by atoms with van der Waals surface area (Å²) in [7, 11) is 1.57. The molecule has 0 amide bonds. The van der Waals surface area contributed by atoms with Gasteiger partial charge in [-0.2, -0.15) is 0 Å². The summed E-state index contributed by atoms with van der Waals surface area (Å²) >= 11 is 8.75. The van der Waals surface area contributed by atoms with Gasteiger partial charge in [0, 0.05) is 15.5 Å². The van der Waals surface area contributed by atoms with Gasteiger partial charge in [-0.05, 0) is 55.1 Å². The molecule has 200 valence electrons. The summed E-state index contributed by atoms with van der Waals surface area (Å²) in [5, 5.41) is 2.57. The predicted molar refractivity (Wildman–Crippen MR) is 153 cm³/mol. The first-order valence-corrected chi connectivity index (χ1v) is 14.3. The molecule has 39 heavy (non-hydrogen) atoms. The molecule has 10 heteroatoms. The van der Waals surface area contributed by atoms with Gasteiger partial charge in [-0.15, -0.1) is 11.3 Å². The smallest absolute Gasteiger partial charge is 0.338 e. The average molecular weight is 581 g/mol. The molecule has 3 heterocycles. The molecule has 4 aromatic rings. The monoisotopic (exact) mass is 580 g/mol. The molecule has 5 rings (SSSR count). The summed E-state index contributed by atoms with van der Waals surface area (Å²) in [6, 6.07) is 16.1. The SMILES string of the molecule is CCOC(=O)C1=C(C)N=c2s/c(=C\c3cccc(OC)c3OCc3ccc(Cl)cc3)c(=O)n2[C@H]1c1cccs1. The van der Waals surface area contributed by atoms with Gasteiger partial charge >= 0.3 is 5.97 Å². The van der Waals surface area contributed by atoms with Crippen LogP contribution in [0.15, 0.2) is 81.0 Å². The Morgan fingerprint density at radius 3 is 2.64 bits per heavy atom. The van der Waals surface area contributed by atoms with Crippen LogP contribution >= 0.6 is 34.3 Å². The van der Waals surface area contributed by atoms with E-state index in [4.69, 9.17) is 25.8 Å². The summed E-state index contributed by atoms with van der Waals surface area (Å²) in [6.45, 7) is 4.05. The number of carbonyl (C=O) groups excluding carboxylic acids is 1. The number of methoxy groups -OCH3 is 1. The minimum Gasteiger partial charge on any atom is -0.493 e. The van der Waals surface area contributed by atoms with E-state index in [1.54, 1.807) is 43.7 Å². The van der Waals surface area contributed by atoms with Crippen molar-refractivity contribution in [3.63, 3.8) is 0 Å². The molecule has 0 unspecified atom stereocenters. The molecule has 7 nitrogen and oxygen atoms in total. The number of aromatic nitrogens is 1. The van der Waals surface area contributed by atoms with Gasteiger partial charge in [0.1, 0.15) is 12.6 Å². The van der Waals surface area contributed by atoms with Crippen LogP contribution < -0.4 is 24.4 Å². The van der Waals surface area contributed by atoms with Crippen LogP contribution in [0.1, 0.15) is 35.9 Å². The summed E-state index contributed by atoms with van der Waals surface area (Å²) in [4.78, 5) is 32.8. The number of nitrogens with zero attached hydrogens (tertiary/aromatic N) is 2. The van der Waals surface area contributed by atoms with Crippen molar-refractivity contribution in [3.8, 4) is 11.5 Å². The summed E-state index contributed by atoms with van der Waals surface area (Å²) in [5.74, 6) is 0.582. The quantitative estimate of drug-likeness (QED) is 0.271. The number of thiazole rings is 1. The number of benzene rings is 2. The number of esters is 1. The maximum atomic E-state index is 13.9. The number of carbonyl (C=O) groups is 1. The van der Waals surface area contributed by atoms with E-state index in [1.165, 1.54) is 22.7 Å². The van der Waals surface area contributed by atoms with Crippen molar-refractivity contribution in [3.05, 3.63) is 112 Å².